The smallest absolute Gasteiger partial charge is 0.275 e. The quantitative estimate of drug-likeness (QED) is 0.537. The average Bonchev–Trinajstić information content (AvgIpc) is 2.89. The molecule has 0 saturated carbocycles. The van der Waals surface area contributed by atoms with Gasteiger partial charge in [0.15, 0.2) is 0 Å². The number of benzene rings is 2. The number of carbonyl (C=O) groups excluding carboxylic acids is 1. The van der Waals surface area contributed by atoms with E-state index in [9.17, 15) is 14.9 Å². The number of hydrogen-bond donors (Lipinski definition) is 1. The van der Waals surface area contributed by atoms with Crippen molar-refractivity contribution in [3.63, 3.8) is 0 Å². The van der Waals surface area contributed by atoms with Crippen molar-refractivity contribution in [3.05, 3.63) is 81.0 Å². The Bertz CT molecular complexity index is 852. The maximum Gasteiger partial charge on any atom is 0.275 e. The Hall–Kier alpha value is -3.28. The summed E-state index contributed by atoms with van der Waals surface area (Å²) in [6, 6.07) is 13.7. The molecular weight excluding hydrogens is 294 g/mol. The molecule has 3 rings (SSSR count). The number of amidine groups is 1. The molecule has 114 valence electrons. The molecule has 0 atom stereocenters. The van der Waals surface area contributed by atoms with Gasteiger partial charge in [0, 0.05) is 17.7 Å². The Kier molecular flexibility index (Phi) is 3.72. The van der Waals surface area contributed by atoms with Gasteiger partial charge >= 0.3 is 0 Å². The molecule has 1 amide bonds. The average molecular weight is 307 g/mol. The standard InChI is InChI=1S/C17H13N3O3/c1-11-5-7-13(8-6-11)16-18-15(17(21)19-16)10-12-3-2-4-14(9-12)20(22)23/h2-10H,1H3,(H,18,19,21)/b15-10-. The highest BCUT2D eigenvalue weighted by atomic mass is 16.6. The zero-order valence-corrected chi connectivity index (χ0v) is 12.3. The molecule has 0 aliphatic carbocycles. The van der Waals surface area contributed by atoms with Crippen molar-refractivity contribution in [1.29, 1.82) is 0 Å². The lowest BCUT2D eigenvalue weighted by Gasteiger charge is -2.00. The van der Waals surface area contributed by atoms with E-state index in [4.69, 9.17) is 0 Å². The van der Waals surface area contributed by atoms with Gasteiger partial charge in [-0.3, -0.25) is 14.9 Å². The number of nitro groups is 1. The van der Waals surface area contributed by atoms with Crippen LogP contribution in [0.5, 0.6) is 0 Å². The van der Waals surface area contributed by atoms with Gasteiger partial charge in [-0.25, -0.2) is 4.99 Å². The Morgan fingerprint density at radius 2 is 1.91 bits per heavy atom. The summed E-state index contributed by atoms with van der Waals surface area (Å²) in [6.45, 7) is 1.98. The Labute approximate surface area is 132 Å². The van der Waals surface area contributed by atoms with Crippen LogP contribution in [0.4, 0.5) is 5.69 Å². The van der Waals surface area contributed by atoms with E-state index in [1.165, 1.54) is 18.2 Å². The number of hydrogen-bond acceptors (Lipinski definition) is 4. The van der Waals surface area contributed by atoms with Gasteiger partial charge in [-0.15, -0.1) is 0 Å². The second kappa shape index (κ2) is 5.84. The number of nitro benzene ring substituents is 1. The van der Waals surface area contributed by atoms with Crippen LogP contribution in [-0.2, 0) is 4.79 Å². The van der Waals surface area contributed by atoms with Gasteiger partial charge in [0.1, 0.15) is 11.5 Å². The van der Waals surface area contributed by atoms with Crippen LogP contribution < -0.4 is 5.32 Å². The number of rotatable bonds is 3. The summed E-state index contributed by atoms with van der Waals surface area (Å²) in [6.07, 6.45) is 1.53. The second-order valence-electron chi connectivity index (χ2n) is 5.16. The molecule has 0 fully saturated rings. The first-order valence-corrected chi connectivity index (χ1v) is 6.96. The van der Waals surface area contributed by atoms with Crippen LogP contribution in [0.15, 0.2) is 59.2 Å². The van der Waals surface area contributed by atoms with Crippen LogP contribution >= 0.6 is 0 Å². The summed E-state index contributed by atoms with van der Waals surface area (Å²) >= 11 is 0. The molecule has 1 aliphatic heterocycles. The number of nitrogens with one attached hydrogen (secondary N) is 1. The topological polar surface area (TPSA) is 84.6 Å². The normalized spacial score (nSPS) is 15.4. The number of non-ortho nitro benzene ring substituents is 1. The molecule has 0 saturated heterocycles. The van der Waals surface area contributed by atoms with Crippen LogP contribution in [0.25, 0.3) is 6.08 Å². The number of aryl methyl sites for hydroxylation is 1. The Morgan fingerprint density at radius 1 is 1.17 bits per heavy atom. The molecule has 2 aromatic rings. The van der Waals surface area contributed by atoms with Crippen LogP contribution in [0, 0.1) is 17.0 Å². The fourth-order valence-corrected chi connectivity index (χ4v) is 2.20. The first kappa shape index (κ1) is 14.6. The third-order valence-corrected chi connectivity index (χ3v) is 3.41. The molecule has 0 radical (unpaired) electrons. The summed E-state index contributed by atoms with van der Waals surface area (Å²) in [5, 5.41) is 13.5. The van der Waals surface area contributed by atoms with Gasteiger partial charge in [-0.1, -0.05) is 42.0 Å². The molecule has 0 aromatic heterocycles. The van der Waals surface area contributed by atoms with Crippen molar-refractivity contribution >= 4 is 23.5 Å². The first-order valence-electron chi connectivity index (χ1n) is 6.96. The first-order chi connectivity index (χ1) is 11.0. The van der Waals surface area contributed by atoms with Crippen LogP contribution in [0.2, 0.25) is 0 Å². The Morgan fingerprint density at radius 3 is 2.61 bits per heavy atom. The SMILES string of the molecule is Cc1ccc(C2=N/C(=C\c3cccc([N+](=O)[O-])c3)C(=O)N2)cc1. The summed E-state index contributed by atoms with van der Waals surface area (Å²) in [5.41, 5.74) is 2.68. The third-order valence-electron chi connectivity index (χ3n) is 3.41. The fraction of sp³-hybridized carbons (Fsp3) is 0.0588. The van der Waals surface area contributed by atoms with Crippen LogP contribution in [0.1, 0.15) is 16.7 Å². The number of amides is 1. The molecule has 0 bridgehead atoms. The summed E-state index contributed by atoms with van der Waals surface area (Å²) in [4.78, 5) is 26.6. The molecule has 6 heteroatoms. The minimum atomic E-state index is -0.474. The summed E-state index contributed by atoms with van der Waals surface area (Å²) in [5.74, 6) is 0.152. The zero-order valence-electron chi connectivity index (χ0n) is 12.3. The largest absolute Gasteiger partial charge is 0.305 e. The summed E-state index contributed by atoms with van der Waals surface area (Å²) < 4.78 is 0. The highest BCUT2D eigenvalue weighted by Gasteiger charge is 2.21. The molecule has 23 heavy (non-hydrogen) atoms. The minimum absolute atomic E-state index is 0.0273. The monoisotopic (exact) mass is 307 g/mol. The van der Waals surface area contributed by atoms with Gasteiger partial charge < -0.3 is 5.32 Å². The van der Waals surface area contributed by atoms with Crippen molar-refractivity contribution in [1.82, 2.24) is 5.32 Å². The van der Waals surface area contributed by atoms with E-state index in [0.717, 1.165) is 11.1 Å². The molecule has 0 unspecified atom stereocenters. The van der Waals surface area contributed by atoms with Gasteiger partial charge in [-0.2, -0.15) is 0 Å². The van der Waals surface area contributed by atoms with Crippen molar-refractivity contribution in [3.8, 4) is 0 Å². The molecule has 6 nitrogen and oxygen atoms in total. The van der Waals surface area contributed by atoms with Crippen molar-refractivity contribution in [2.75, 3.05) is 0 Å². The van der Waals surface area contributed by atoms with E-state index in [-0.39, 0.29) is 17.3 Å². The van der Waals surface area contributed by atoms with Gasteiger partial charge in [0.2, 0.25) is 0 Å². The molecule has 1 N–H and O–H groups in total. The van der Waals surface area contributed by atoms with Gasteiger partial charge in [0.05, 0.1) is 4.92 Å². The molecule has 1 heterocycles. The van der Waals surface area contributed by atoms with E-state index < -0.39 is 4.92 Å². The third kappa shape index (κ3) is 3.16. The van der Waals surface area contributed by atoms with E-state index in [0.29, 0.717) is 11.4 Å². The lowest BCUT2D eigenvalue weighted by Crippen LogP contribution is -2.24. The number of carbonyl (C=O) groups is 1. The maximum absolute atomic E-state index is 12.0. The van der Waals surface area contributed by atoms with Crippen LogP contribution in [-0.4, -0.2) is 16.7 Å². The van der Waals surface area contributed by atoms with E-state index >= 15 is 0 Å². The molecular formula is C17H13N3O3. The van der Waals surface area contributed by atoms with Crippen molar-refractivity contribution < 1.29 is 9.72 Å². The number of nitrogens with zero attached hydrogens (tertiary/aromatic N) is 2. The van der Waals surface area contributed by atoms with E-state index in [1.807, 2.05) is 31.2 Å². The fourth-order valence-electron chi connectivity index (χ4n) is 2.20. The van der Waals surface area contributed by atoms with Gasteiger partial charge in [-0.05, 0) is 18.6 Å². The highest BCUT2D eigenvalue weighted by molar-refractivity contribution is 6.19. The van der Waals surface area contributed by atoms with Gasteiger partial charge in [0.25, 0.3) is 11.6 Å². The molecule has 0 spiro atoms. The molecule has 2 aromatic carbocycles. The Balaban J connectivity index is 1.93. The minimum Gasteiger partial charge on any atom is -0.305 e. The number of aliphatic imine (C=N–C) groups is 1. The van der Waals surface area contributed by atoms with E-state index in [2.05, 4.69) is 10.3 Å². The van der Waals surface area contributed by atoms with Crippen molar-refractivity contribution in [2.45, 2.75) is 6.92 Å². The van der Waals surface area contributed by atoms with Crippen molar-refractivity contribution in [2.24, 2.45) is 4.99 Å². The second-order valence-corrected chi connectivity index (χ2v) is 5.16. The molecule has 1 aliphatic rings. The zero-order chi connectivity index (χ0) is 16.4. The summed E-state index contributed by atoms with van der Waals surface area (Å²) in [7, 11) is 0. The lowest BCUT2D eigenvalue weighted by molar-refractivity contribution is -0.384. The lowest BCUT2D eigenvalue weighted by atomic mass is 10.1. The maximum atomic E-state index is 12.0. The van der Waals surface area contributed by atoms with Crippen LogP contribution in [0.3, 0.4) is 0 Å². The predicted octanol–water partition coefficient (Wildman–Crippen LogP) is 2.82. The van der Waals surface area contributed by atoms with E-state index in [1.54, 1.807) is 12.1 Å². The highest BCUT2D eigenvalue weighted by Crippen LogP contribution is 2.19. The predicted molar refractivity (Wildman–Crippen MR) is 86.9 cm³/mol.